The summed E-state index contributed by atoms with van der Waals surface area (Å²) in [7, 11) is -4.00. The Morgan fingerprint density at radius 2 is 1.71 bits per heavy atom. The summed E-state index contributed by atoms with van der Waals surface area (Å²) in [5.41, 5.74) is 2.02. The van der Waals surface area contributed by atoms with Gasteiger partial charge in [-0.25, -0.2) is 12.7 Å². The molecule has 1 heterocycles. The molecule has 0 radical (unpaired) electrons. The van der Waals surface area contributed by atoms with Crippen molar-refractivity contribution in [1.29, 1.82) is 0 Å². The van der Waals surface area contributed by atoms with Crippen LogP contribution < -0.4 is 5.32 Å². The van der Waals surface area contributed by atoms with E-state index in [1.54, 1.807) is 19.1 Å². The highest BCUT2D eigenvalue weighted by molar-refractivity contribution is 7.90. The molecule has 2 atom stereocenters. The number of nitrogens with one attached hydrogen (secondary N) is 1. The molecule has 0 aliphatic carbocycles. The molecule has 1 N–H and O–H groups in total. The molecule has 34 heavy (non-hydrogen) atoms. The van der Waals surface area contributed by atoms with Gasteiger partial charge in [-0.05, 0) is 44.9 Å². The van der Waals surface area contributed by atoms with E-state index in [9.17, 15) is 22.8 Å². The third-order valence-electron chi connectivity index (χ3n) is 6.08. The maximum atomic E-state index is 13.3. The van der Waals surface area contributed by atoms with E-state index in [0.717, 1.165) is 21.9 Å². The van der Waals surface area contributed by atoms with Crippen LogP contribution in [0.4, 0.5) is 0 Å². The topological polar surface area (TPSA) is 104 Å². The van der Waals surface area contributed by atoms with Gasteiger partial charge in [0.25, 0.3) is 15.9 Å². The molecule has 2 unspecified atom stereocenters. The van der Waals surface area contributed by atoms with Crippen molar-refractivity contribution >= 4 is 27.7 Å². The minimum Gasteiger partial charge on any atom is -0.352 e. The molecule has 9 heteroatoms. The van der Waals surface area contributed by atoms with Gasteiger partial charge in [0.2, 0.25) is 11.8 Å². The van der Waals surface area contributed by atoms with Gasteiger partial charge >= 0.3 is 0 Å². The van der Waals surface area contributed by atoms with Crippen molar-refractivity contribution in [2.24, 2.45) is 0 Å². The van der Waals surface area contributed by atoms with E-state index >= 15 is 0 Å². The summed E-state index contributed by atoms with van der Waals surface area (Å²) in [6, 6.07) is 12.8. The van der Waals surface area contributed by atoms with Crippen LogP contribution in [0.15, 0.2) is 53.4 Å². The lowest BCUT2D eigenvalue weighted by Gasteiger charge is -2.30. The number of fused-ring (bicyclic) bond motifs is 1. The van der Waals surface area contributed by atoms with Crippen LogP contribution in [0.25, 0.3) is 0 Å². The number of carbonyl (C=O) groups is 3. The summed E-state index contributed by atoms with van der Waals surface area (Å²) in [6.07, 6.45) is 0.519. The van der Waals surface area contributed by atoms with E-state index in [4.69, 9.17) is 0 Å². The molecule has 0 saturated carbocycles. The first-order valence-corrected chi connectivity index (χ1v) is 12.8. The largest absolute Gasteiger partial charge is 0.352 e. The number of hydrogen-bond donors (Lipinski definition) is 1. The number of nitrogens with zero attached hydrogens (tertiary/aromatic N) is 2. The van der Waals surface area contributed by atoms with Crippen LogP contribution in [-0.4, -0.2) is 54.0 Å². The number of sulfonamides is 1. The Morgan fingerprint density at radius 1 is 1.06 bits per heavy atom. The van der Waals surface area contributed by atoms with Gasteiger partial charge in [-0.15, -0.1) is 0 Å². The molecule has 0 bridgehead atoms. The summed E-state index contributed by atoms with van der Waals surface area (Å²) in [4.78, 5) is 40.1. The van der Waals surface area contributed by atoms with Crippen molar-refractivity contribution in [2.75, 3.05) is 6.54 Å². The third kappa shape index (κ3) is 5.30. The van der Waals surface area contributed by atoms with Crippen LogP contribution >= 0.6 is 0 Å². The Hall–Kier alpha value is -3.20. The van der Waals surface area contributed by atoms with Crippen molar-refractivity contribution in [2.45, 2.75) is 64.1 Å². The van der Waals surface area contributed by atoms with Gasteiger partial charge in [-0.3, -0.25) is 14.4 Å². The molecule has 0 aromatic heterocycles. The zero-order chi connectivity index (χ0) is 25.0. The molecule has 1 aliphatic rings. The van der Waals surface area contributed by atoms with E-state index in [1.807, 2.05) is 45.0 Å². The Kier molecular flexibility index (Phi) is 7.76. The van der Waals surface area contributed by atoms with Crippen LogP contribution in [0, 0.1) is 6.92 Å². The molecule has 8 nitrogen and oxygen atoms in total. The average Bonchev–Trinajstić information content (AvgIpc) is 3.01. The number of hydrogen-bond acceptors (Lipinski definition) is 5. The van der Waals surface area contributed by atoms with Crippen molar-refractivity contribution in [3.05, 3.63) is 65.2 Å². The second kappa shape index (κ2) is 10.4. The fourth-order valence-corrected chi connectivity index (χ4v) is 5.30. The lowest BCUT2D eigenvalue weighted by Crippen LogP contribution is -2.50. The Morgan fingerprint density at radius 3 is 2.32 bits per heavy atom. The van der Waals surface area contributed by atoms with Crippen molar-refractivity contribution in [1.82, 2.24) is 14.5 Å². The first-order chi connectivity index (χ1) is 16.1. The molecule has 182 valence electrons. The van der Waals surface area contributed by atoms with Gasteiger partial charge in [0.15, 0.2) is 0 Å². The quantitative estimate of drug-likeness (QED) is 0.588. The Balaban J connectivity index is 1.79. The van der Waals surface area contributed by atoms with E-state index in [1.165, 1.54) is 17.0 Å². The highest BCUT2D eigenvalue weighted by Gasteiger charge is 2.41. The van der Waals surface area contributed by atoms with Crippen molar-refractivity contribution in [3.63, 3.8) is 0 Å². The summed E-state index contributed by atoms with van der Waals surface area (Å²) < 4.78 is 26.4. The number of carbonyl (C=O) groups excluding carboxylic acids is 3. The molecular formula is C25H31N3O5S. The zero-order valence-electron chi connectivity index (χ0n) is 19.9. The van der Waals surface area contributed by atoms with Crippen LogP contribution in [0.3, 0.4) is 0 Å². The lowest BCUT2D eigenvalue weighted by atomic mass is 10.1. The van der Waals surface area contributed by atoms with Crippen LogP contribution in [0.5, 0.6) is 0 Å². The predicted molar refractivity (Wildman–Crippen MR) is 128 cm³/mol. The van der Waals surface area contributed by atoms with Crippen LogP contribution in [0.2, 0.25) is 0 Å². The first-order valence-electron chi connectivity index (χ1n) is 11.4. The minimum atomic E-state index is -4.00. The highest BCUT2D eigenvalue weighted by Crippen LogP contribution is 2.30. The average molecular weight is 486 g/mol. The zero-order valence-corrected chi connectivity index (χ0v) is 20.8. The number of benzene rings is 2. The molecule has 3 rings (SSSR count). The lowest BCUT2D eigenvalue weighted by molar-refractivity contribution is -0.140. The van der Waals surface area contributed by atoms with Gasteiger partial charge in [0.1, 0.15) is 10.9 Å². The van der Waals surface area contributed by atoms with E-state index < -0.39 is 27.9 Å². The number of aryl methyl sites for hydroxylation is 1. The summed E-state index contributed by atoms with van der Waals surface area (Å²) in [5, 5.41) is 2.90. The van der Waals surface area contributed by atoms with Crippen molar-refractivity contribution in [3.8, 4) is 0 Å². The maximum Gasteiger partial charge on any atom is 0.269 e. The highest BCUT2D eigenvalue weighted by atomic mass is 32.2. The normalized spacial score (nSPS) is 16.0. The van der Waals surface area contributed by atoms with Gasteiger partial charge in [-0.1, -0.05) is 48.9 Å². The molecule has 2 aromatic rings. The van der Waals surface area contributed by atoms with Gasteiger partial charge in [0.05, 0.1) is 5.56 Å². The second-order valence-electron chi connectivity index (χ2n) is 8.63. The smallest absolute Gasteiger partial charge is 0.269 e. The van der Waals surface area contributed by atoms with E-state index in [0.29, 0.717) is 0 Å². The molecule has 0 saturated heterocycles. The molecule has 0 fully saturated rings. The fourth-order valence-electron chi connectivity index (χ4n) is 3.73. The molecule has 0 spiro atoms. The SMILES string of the molecule is CCC(C)NC(=O)C(C)N(Cc1ccc(C)cc1)C(=O)CCN1C(=O)c2ccccc2S1(=O)=O. The molecular weight excluding hydrogens is 454 g/mol. The monoisotopic (exact) mass is 485 g/mol. The minimum absolute atomic E-state index is 0.0443. The summed E-state index contributed by atoms with van der Waals surface area (Å²) in [5.74, 6) is -1.34. The number of rotatable bonds is 9. The number of amides is 3. The predicted octanol–water partition coefficient (Wildman–Crippen LogP) is 2.86. The summed E-state index contributed by atoms with van der Waals surface area (Å²) in [6.45, 7) is 7.35. The van der Waals surface area contributed by atoms with E-state index in [-0.39, 0.29) is 41.9 Å². The van der Waals surface area contributed by atoms with Gasteiger partial charge in [-0.2, -0.15) is 0 Å². The second-order valence-corrected chi connectivity index (χ2v) is 10.5. The Bertz CT molecular complexity index is 1180. The Labute approximate surface area is 201 Å². The fraction of sp³-hybridized carbons (Fsp3) is 0.400. The maximum absolute atomic E-state index is 13.3. The molecule has 3 amide bonds. The molecule has 2 aromatic carbocycles. The van der Waals surface area contributed by atoms with Gasteiger partial charge in [0, 0.05) is 25.6 Å². The standard InChI is InChI=1S/C25H31N3O5S/c1-5-18(3)26-24(30)19(4)27(16-20-12-10-17(2)11-13-20)23(29)14-15-28-25(31)21-8-6-7-9-22(21)34(28,32)33/h6-13,18-19H,5,14-16H2,1-4H3,(H,26,30). The van der Waals surface area contributed by atoms with Gasteiger partial charge < -0.3 is 10.2 Å². The van der Waals surface area contributed by atoms with E-state index in [2.05, 4.69) is 5.32 Å². The van der Waals surface area contributed by atoms with Crippen LogP contribution in [0.1, 0.15) is 55.1 Å². The third-order valence-corrected chi connectivity index (χ3v) is 7.92. The van der Waals surface area contributed by atoms with Crippen molar-refractivity contribution < 1.29 is 22.8 Å². The van der Waals surface area contributed by atoms with Crippen LogP contribution in [-0.2, 0) is 26.2 Å². The first kappa shape index (κ1) is 25.4. The molecule has 1 aliphatic heterocycles. The summed E-state index contributed by atoms with van der Waals surface area (Å²) >= 11 is 0.